The van der Waals surface area contributed by atoms with E-state index in [1.54, 1.807) is 12.1 Å². The predicted octanol–water partition coefficient (Wildman–Crippen LogP) is 2.19. The van der Waals surface area contributed by atoms with E-state index in [1.165, 1.54) is 23.0 Å². The Morgan fingerprint density at radius 1 is 1.04 bits per heavy atom. The minimum absolute atomic E-state index is 0.0101. The highest BCUT2D eigenvalue weighted by molar-refractivity contribution is 9.10. The van der Waals surface area contributed by atoms with Crippen LogP contribution in [0, 0.1) is 0 Å². The number of aromatic amines is 1. The van der Waals surface area contributed by atoms with Crippen molar-refractivity contribution in [2.24, 2.45) is 5.14 Å². The molecule has 0 aliphatic heterocycles. The number of halogens is 1. The lowest BCUT2D eigenvalue weighted by Crippen LogP contribution is -2.12. The first-order valence-corrected chi connectivity index (χ1v) is 10.0. The number of H-pyrrole nitrogens is 1. The molecule has 2 aromatic heterocycles. The largest absolute Gasteiger partial charge is 0.306 e. The first-order chi connectivity index (χ1) is 12.8. The highest BCUT2D eigenvalue weighted by atomic mass is 79.9. The van der Waals surface area contributed by atoms with Crippen LogP contribution in [0.1, 0.15) is 0 Å². The quantitative estimate of drug-likeness (QED) is 0.499. The zero-order chi connectivity index (χ0) is 19.2. The molecule has 2 heterocycles. The first kappa shape index (κ1) is 17.6. The maximum atomic E-state index is 12.4. The van der Waals surface area contributed by atoms with Gasteiger partial charge in [0, 0.05) is 10.0 Å². The van der Waals surface area contributed by atoms with Crippen molar-refractivity contribution in [1.29, 1.82) is 0 Å². The summed E-state index contributed by atoms with van der Waals surface area (Å²) in [5.74, 6) is 0.405. The smallest absolute Gasteiger partial charge is 0.262 e. The lowest BCUT2D eigenvalue weighted by molar-refractivity contribution is 0.598. The molecule has 0 fully saturated rings. The molecule has 27 heavy (non-hydrogen) atoms. The van der Waals surface area contributed by atoms with E-state index in [1.807, 2.05) is 24.3 Å². The molecule has 0 atom stereocenters. The lowest BCUT2D eigenvalue weighted by Gasteiger charge is -2.06. The Morgan fingerprint density at radius 2 is 1.70 bits per heavy atom. The van der Waals surface area contributed by atoms with Gasteiger partial charge in [0.15, 0.2) is 5.65 Å². The van der Waals surface area contributed by atoms with Crippen molar-refractivity contribution >= 4 is 37.0 Å². The van der Waals surface area contributed by atoms with Gasteiger partial charge in [-0.25, -0.2) is 23.2 Å². The van der Waals surface area contributed by atoms with Gasteiger partial charge in [0.2, 0.25) is 10.0 Å². The molecule has 0 unspecified atom stereocenters. The molecule has 0 aliphatic carbocycles. The molecule has 0 saturated carbocycles. The Morgan fingerprint density at radius 3 is 2.33 bits per heavy atom. The van der Waals surface area contributed by atoms with E-state index in [2.05, 4.69) is 31.0 Å². The average Bonchev–Trinajstić information content (AvgIpc) is 3.06. The lowest BCUT2D eigenvalue weighted by atomic mass is 10.2. The zero-order valence-corrected chi connectivity index (χ0v) is 16.0. The van der Waals surface area contributed by atoms with E-state index in [4.69, 9.17) is 5.14 Å². The number of nitrogens with one attached hydrogen (secondary N) is 1. The van der Waals surface area contributed by atoms with E-state index in [9.17, 15) is 13.2 Å². The van der Waals surface area contributed by atoms with Gasteiger partial charge < -0.3 is 4.98 Å². The molecule has 8 nitrogen and oxygen atoms in total. The topological polar surface area (TPSA) is 124 Å². The van der Waals surface area contributed by atoms with Gasteiger partial charge in [-0.05, 0) is 36.4 Å². The van der Waals surface area contributed by atoms with Gasteiger partial charge >= 0.3 is 0 Å². The van der Waals surface area contributed by atoms with Crippen molar-refractivity contribution in [1.82, 2.24) is 19.7 Å². The Labute approximate surface area is 161 Å². The van der Waals surface area contributed by atoms with E-state index < -0.39 is 10.0 Å². The average molecular weight is 446 g/mol. The third kappa shape index (κ3) is 3.29. The molecule has 0 radical (unpaired) electrons. The molecule has 0 aliphatic rings. The van der Waals surface area contributed by atoms with Crippen LogP contribution in [0.25, 0.3) is 28.1 Å². The Balaban J connectivity index is 1.87. The summed E-state index contributed by atoms with van der Waals surface area (Å²) in [6.45, 7) is 0. The van der Waals surface area contributed by atoms with Crippen molar-refractivity contribution in [3.05, 3.63) is 69.6 Å². The van der Waals surface area contributed by atoms with Gasteiger partial charge in [-0.3, -0.25) is 4.79 Å². The second-order valence-electron chi connectivity index (χ2n) is 5.75. The number of nitrogens with two attached hydrogens (primary N) is 1. The number of primary sulfonamides is 1. The van der Waals surface area contributed by atoms with Crippen molar-refractivity contribution in [2.75, 3.05) is 0 Å². The van der Waals surface area contributed by atoms with Crippen LogP contribution in [0.5, 0.6) is 0 Å². The molecule has 3 N–H and O–H groups in total. The highest BCUT2D eigenvalue weighted by Crippen LogP contribution is 2.21. The fourth-order valence-corrected chi connectivity index (χ4v) is 3.41. The SMILES string of the molecule is NS(=O)(=O)c1ccc(-n2ncc3c(=O)[nH]c(-c4ccc(Br)cc4)nc32)cc1. The second kappa shape index (κ2) is 6.41. The molecule has 0 spiro atoms. The van der Waals surface area contributed by atoms with E-state index in [0.29, 0.717) is 22.5 Å². The summed E-state index contributed by atoms with van der Waals surface area (Å²) in [4.78, 5) is 19.7. The second-order valence-corrected chi connectivity index (χ2v) is 8.23. The first-order valence-electron chi connectivity index (χ1n) is 7.70. The number of fused-ring (bicyclic) bond motifs is 1. The number of hydrogen-bond donors (Lipinski definition) is 2. The van der Waals surface area contributed by atoms with Crippen LogP contribution >= 0.6 is 15.9 Å². The van der Waals surface area contributed by atoms with Gasteiger partial charge in [0.25, 0.3) is 5.56 Å². The summed E-state index contributed by atoms with van der Waals surface area (Å²) in [6.07, 6.45) is 1.42. The van der Waals surface area contributed by atoms with Crippen LogP contribution in [-0.2, 0) is 10.0 Å². The van der Waals surface area contributed by atoms with Crippen LogP contribution in [0.4, 0.5) is 0 Å². The number of hydrogen-bond acceptors (Lipinski definition) is 5. The Hall–Kier alpha value is -2.82. The molecule has 4 aromatic rings. The molecule has 4 rings (SSSR count). The molecule has 136 valence electrons. The third-order valence-electron chi connectivity index (χ3n) is 3.97. The van der Waals surface area contributed by atoms with E-state index in [0.717, 1.165) is 10.0 Å². The number of aromatic nitrogens is 4. The summed E-state index contributed by atoms with van der Waals surface area (Å²) in [6, 6.07) is 13.2. The molecule has 0 amide bonds. The normalized spacial score (nSPS) is 11.8. The fraction of sp³-hybridized carbons (Fsp3) is 0. The summed E-state index contributed by atoms with van der Waals surface area (Å²) in [5, 5.41) is 9.66. The number of rotatable bonds is 3. The van der Waals surface area contributed by atoms with Crippen LogP contribution in [0.3, 0.4) is 0 Å². The third-order valence-corrected chi connectivity index (χ3v) is 5.42. The van der Waals surface area contributed by atoms with Crippen molar-refractivity contribution < 1.29 is 8.42 Å². The highest BCUT2D eigenvalue weighted by Gasteiger charge is 2.14. The van der Waals surface area contributed by atoms with Crippen LogP contribution in [0.15, 0.2) is 68.9 Å². The van der Waals surface area contributed by atoms with E-state index >= 15 is 0 Å². The molecular formula is C17H12BrN5O3S. The molecule has 0 saturated heterocycles. The molecule has 0 bridgehead atoms. The summed E-state index contributed by atoms with van der Waals surface area (Å²) < 4.78 is 25.2. The number of benzene rings is 2. The Kier molecular flexibility index (Phi) is 4.17. The van der Waals surface area contributed by atoms with Gasteiger partial charge in [-0.1, -0.05) is 28.1 Å². The van der Waals surface area contributed by atoms with Gasteiger partial charge in [-0.15, -0.1) is 0 Å². The zero-order valence-electron chi connectivity index (χ0n) is 13.6. The maximum Gasteiger partial charge on any atom is 0.262 e. The van der Waals surface area contributed by atoms with Crippen molar-refractivity contribution in [3.63, 3.8) is 0 Å². The number of nitrogens with zero attached hydrogens (tertiary/aromatic N) is 3. The van der Waals surface area contributed by atoms with Gasteiger partial charge in [-0.2, -0.15) is 5.10 Å². The summed E-state index contributed by atoms with van der Waals surface area (Å²) in [5.41, 5.74) is 1.34. The van der Waals surface area contributed by atoms with Gasteiger partial charge in [0.1, 0.15) is 11.2 Å². The molecule has 2 aromatic carbocycles. The number of sulfonamides is 1. The monoisotopic (exact) mass is 445 g/mol. The van der Waals surface area contributed by atoms with Crippen LogP contribution in [0.2, 0.25) is 0 Å². The maximum absolute atomic E-state index is 12.4. The van der Waals surface area contributed by atoms with Crippen molar-refractivity contribution in [2.45, 2.75) is 4.90 Å². The molecule has 10 heteroatoms. The van der Waals surface area contributed by atoms with Crippen LogP contribution in [-0.4, -0.2) is 28.2 Å². The van der Waals surface area contributed by atoms with E-state index in [-0.39, 0.29) is 10.5 Å². The minimum atomic E-state index is -3.79. The summed E-state index contributed by atoms with van der Waals surface area (Å²) >= 11 is 3.37. The minimum Gasteiger partial charge on any atom is -0.306 e. The predicted molar refractivity (Wildman–Crippen MR) is 104 cm³/mol. The standard InChI is InChI=1S/C17H12BrN5O3S/c18-11-3-1-10(2-4-11)15-21-16-14(17(24)22-15)9-20-23(16)12-5-7-13(8-6-12)27(19,25)26/h1-9H,(H2,19,25,26)(H,21,22,24). The summed E-state index contributed by atoms with van der Waals surface area (Å²) in [7, 11) is -3.79. The fourth-order valence-electron chi connectivity index (χ4n) is 2.63. The Bertz CT molecular complexity index is 1310. The van der Waals surface area contributed by atoms with Crippen LogP contribution < -0.4 is 10.7 Å². The molecular weight excluding hydrogens is 434 g/mol. The van der Waals surface area contributed by atoms with Gasteiger partial charge in [0.05, 0.1) is 16.8 Å². The van der Waals surface area contributed by atoms with Crippen molar-refractivity contribution in [3.8, 4) is 17.1 Å².